The van der Waals surface area contributed by atoms with Gasteiger partial charge < -0.3 is 14.6 Å². The fourth-order valence-corrected chi connectivity index (χ4v) is 3.27. The highest BCUT2D eigenvalue weighted by Crippen LogP contribution is 2.28. The van der Waals surface area contributed by atoms with Gasteiger partial charge in [-0.25, -0.2) is 9.97 Å². The van der Waals surface area contributed by atoms with Gasteiger partial charge in [-0.1, -0.05) is 23.4 Å². The summed E-state index contributed by atoms with van der Waals surface area (Å²) < 4.78 is 10.9. The molecule has 7 nitrogen and oxygen atoms in total. The van der Waals surface area contributed by atoms with Crippen molar-refractivity contribution in [1.82, 2.24) is 20.1 Å². The number of anilines is 1. The Morgan fingerprint density at radius 2 is 2.07 bits per heavy atom. The average molecular weight is 379 g/mol. The third-order valence-corrected chi connectivity index (χ3v) is 4.67. The van der Waals surface area contributed by atoms with Gasteiger partial charge in [-0.3, -0.25) is 0 Å². The van der Waals surface area contributed by atoms with Crippen molar-refractivity contribution in [3.05, 3.63) is 58.7 Å². The number of methoxy groups -OCH3 is 1. The van der Waals surface area contributed by atoms with E-state index in [0.29, 0.717) is 35.5 Å². The minimum Gasteiger partial charge on any atom is -0.496 e. The minimum absolute atomic E-state index is 0.374. The van der Waals surface area contributed by atoms with Crippen LogP contribution < -0.4 is 10.1 Å². The summed E-state index contributed by atoms with van der Waals surface area (Å²) in [7, 11) is 1.66. The van der Waals surface area contributed by atoms with E-state index in [0.717, 1.165) is 16.9 Å². The van der Waals surface area contributed by atoms with Crippen molar-refractivity contribution < 1.29 is 9.26 Å². The van der Waals surface area contributed by atoms with Crippen molar-refractivity contribution in [3.8, 4) is 28.6 Å². The second-order valence-corrected chi connectivity index (χ2v) is 6.56. The largest absolute Gasteiger partial charge is 0.496 e. The molecule has 0 fully saturated rings. The highest BCUT2D eigenvalue weighted by molar-refractivity contribution is 7.08. The van der Waals surface area contributed by atoms with E-state index in [4.69, 9.17) is 9.26 Å². The minimum atomic E-state index is 0.374. The number of rotatable bonds is 6. The normalized spacial score (nSPS) is 10.7. The first-order chi connectivity index (χ1) is 13.2. The van der Waals surface area contributed by atoms with Crippen LogP contribution >= 0.6 is 11.3 Å². The third kappa shape index (κ3) is 3.65. The maximum atomic E-state index is 5.45. The van der Waals surface area contributed by atoms with Crippen molar-refractivity contribution in [2.45, 2.75) is 13.5 Å². The van der Waals surface area contributed by atoms with E-state index in [1.54, 1.807) is 24.6 Å². The number of thiophene rings is 1. The first-order valence-corrected chi connectivity index (χ1v) is 9.25. The molecule has 0 bridgehead atoms. The van der Waals surface area contributed by atoms with Crippen LogP contribution in [-0.2, 0) is 6.54 Å². The average Bonchev–Trinajstić information content (AvgIpc) is 3.38. The second kappa shape index (κ2) is 7.55. The molecule has 1 N–H and O–H groups in total. The van der Waals surface area contributed by atoms with Crippen LogP contribution in [0.25, 0.3) is 22.8 Å². The summed E-state index contributed by atoms with van der Waals surface area (Å²) in [6, 6.07) is 9.78. The predicted octanol–water partition coefficient (Wildman–Crippen LogP) is 4.18. The van der Waals surface area contributed by atoms with Gasteiger partial charge in [-0.2, -0.15) is 16.3 Å². The summed E-state index contributed by atoms with van der Waals surface area (Å²) in [6.45, 7) is 2.38. The van der Waals surface area contributed by atoms with Gasteiger partial charge in [0.1, 0.15) is 23.0 Å². The zero-order valence-electron chi connectivity index (χ0n) is 14.8. The van der Waals surface area contributed by atoms with E-state index >= 15 is 0 Å². The Morgan fingerprint density at radius 1 is 1.19 bits per heavy atom. The van der Waals surface area contributed by atoms with Crippen LogP contribution in [0, 0.1) is 6.92 Å². The zero-order chi connectivity index (χ0) is 18.6. The van der Waals surface area contributed by atoms with Gasteiger partial charge >= 0.3 is 0 Å². The van der Waals surface area contributed by atoms with E-state index in [9.17, 15) is 0 Å². The summed E-state index contributed by atoms with van der Waals surface area (Å²) in [5, 5.41) is 11.3. The number of benzene rings is 1. The Morgan fingerprint density at radius 3 is 2.89 bits per heavy atom. The summed E-state index contributed by atoms with van der Waals surface area (Å²) in [6.07, 6.45) is 1.69. The lowest BCUT2D eigenvalue weighted by Gasteiger charge is -2.11. The van der Waals surface area contributed by atoms with Crippen LogP contribution in [0.5, 0.6) is 5.75 Å². The quantitative estimate of drug-likeness (QED) is 0.538. The van der Waals surface area contributed by atoms with Crippen LogP contribution in [0.2, 0.25) is 0 Å². The third-order valence-electron chi connectivity index (χ3n) is 3.98. The highest BCUT2D eigenvalue weighted by atomic mass is 32.1. The molecule has 0 aliphatic carbocycles. The van der Waals surface area contributed by atoms with Crippen LogP contribution in [0.15, 0.2) is 51.8 Å². The van der Waals surface area contributed by atoms with Crippen molar-refractivity contribution in [1.29, 1.82) is 0 Å². The molecule has 4 aromatic rings. The lowest BCUT2D eigenvalue weighted by Crippen LogP contribution is -2.06. The molecule has 8 heteroatoms. The molecule has 0 unspecified atom stereocenters. The topological polar surface area (TPSA) is 86.0 Å². The van der Waals surface area contributed by atoms with Crippen molar-refractivity contribution in [2.24, 2.45) is 0 Å². The standard InChI is InChI=1S/C19H17N5O2S/c1-12-20-10-15(19-23-17(24-26-19)14-7-8-27-11-14)18(22-12)21-9-13-5-3-4-6-16(13)25-2/h3-8,10-11H,9H2,1-2H3,(H,20,21,22). The molecule has 0 amide bonds. The van der Waals surface area contributed by atoms with Gasteiger partial charge in [0.25, 0.3) is 5.89 Å². The molecule has 4 rings (SSSR count). The van der Waals surface area contributed by atoms with Gasteiger partial charge in [-0.15, -0.1) is 0 Å². The lowest BCUT2D eigenvalue weighted by molar-refractivity contribution is 0.410. The number of nitrogens with one attached hydrogen (secondary N) is 1. The van der Waals surface area contributed by atoms with Gasteiger partial charge in [-0.05, 0) is 24.4 Å². The van der Waals surface area contributed by atoms with E-state index in [1.165, 1.54) is 0 Å². The molecule has 27 heavy (non-hydrogen) atoms. The van der Waals surface area contributed by atoms with E-state index in [2.05, 4.69) is 25.4 Å². The number of ether oxygens (including phenoxy) is 1. The SMILES string of the molecule is COc1ccccc1CNc1nc(C)ncc1-c1nc(-c2ccsc2)no1. The predicted molar refractivity (Wildman–Crippen MR) is 104 cm³/mol. The van der Waals surface area contributed by atoms with Crippen LogP contribution in [0.3, 0.4) is 0 Å². The van der Waals surface area contributed by atoms with Gasteiger partial charge in [0, 0.05) is 29.2 Å². The number of hydrogen-bond donors (Lipinski definition) is 1. The molecule has 0 spiro atoms. The molecule has 0 atom stereocenters. The molecule has 0 aliphatic rings. The molecule has 136 valence electrons. The van der Waals surface area contributed by atoms with Crippen LogP contribution in [-0.4, -0.2) is 27.2 Å². The highest BCUT2D eigenvalue weighted by Gasteiger charge is 2.17. The van der Waals surface area contributed by atoms with Crippen molar-refractivity contribution in [3.63, 3.8) is 0 Å². The monoisotopic (exact) mass is 379 g/mol. The summed E-state index contributed by atoms with van der Waals surface area (Å²) in [5.74, 6) is 3.02. The molecular weight excluding hydrogens is 362 g/mol. The Labute approximate surface area is 160 Å². The maximum absolute atomic E-state index is 5.45. The Kier molecular flexibility index (Phi) is 4.80. The van der Waals surface area contributed by atoms with Crippen molar-refractivity contribution >= 4 is 17.2 Å². The molecule has 0 saturated heterocycles. The van der Waals surface area contributed by atoms with Crippen LogP contribution in [0.4, 0.5) is 5.82 Å². The summed E-state index contributed by atoms with van der Waals surface area (Å²) >= 11 is 1.58. The molecule has 0 saturated carbocycles. The molecule has 0 aliphatic heterocycles. The van der Waals surface area contributed by atoms with Crippen LogP contribution in [0.1, 0.15) is 11.4 Å². The maximum Gasteiger partial charge on any atom is 0.263 e. The number of aromatic nitrogens is 4. The fourth-order valence-electron chi connectivity index (χ4n) is 2.63. The molecular formula is C19H17N5O2S. The van der Waals surface area contributed by atoms with Gasteiger partial charge in [0.2, 0.25) is 5.82 Å². The molecule has 3 heterocycles. The number of para-hydroxylation sites is 1. The molecule has 0 radical (unpaired) electrons. The Hall–Kier alpha value is -3.26. The van der Waals surface area contributed by atoms with E-state index in [-0.39, 0.29) is 0 Å². The summed E-state index contributed by atoms with van der Waals surface area (Å²) in [5.41, 5.74) is 2.60. The first-order valence-electron chi connectivity index (χ1n) is 8.30. The number of aryl methyl sites for hydroxylation is 1. The summed E-state index contributed by atoms with van der Waals surface area (Å²) in [4.78, 5) is 13.3. The smallest absolute Gasteiger partial charge is 0.263 e. The van der Waals surface area contributed by atoms with Gasteiger partial charge in [0.15, 0.2) is 0 Å². The Balaban J connectivity index is 1.63. The Bertz CT molecular complexity index is 1050. The molecule has 1 aromatic carbocycles. The lowest BCUT2D eigenvalue weighted by atomic mass is 10.2. The number of nitrogens with zero attached hydrogens (tertiary/aromatic N) is 4. The van der Waals surface area contributed by atoms with E-state index in [1.807, 2.05) is 48.0 Å². The van der Waals surface area contributed by atoms with E-state index < -0.39 is 0 Å². The van der Waals surface area contributed by atoms with Gasteiger partial charge in [0.05, 0.1) is 7.11 Å². The van der Waals surface area contributed by atoms with Crippen molar-refractivity contribution in [2.75, 3.05) is 12.4 Å². The number of hydrogen-bond acceptors (Lipinski definition) is 8. The first kappa shape index (κ1) is 17.2. The zero-order valence-corrected chi connectivity index (χ0v) is 15.7. The molecule has 3 aromatic heterocycles. The fraction of sp³-hybridized carbons (Fsp3) is 0.158. The second-order valence-electron chi connectivity index (χ2n) is 5.78.